The van der Waals surface area contributed by atoms with Crippen LogP contribution in [0.3, 0.4) is 0 Å². The first-order valence-electron chi connectivity index (χ1n) is 8.39. The van der Waals surface area contributed by atoms with Crippen molar-refractivity contribution in [3.8, 4) is 0 Å². The van der Waals surface area contributed by atoms with Crippen molar-refractivity contribution in [2.75, 3.05) is 14.1 Å². The van der Waals surface area contributed by atoms with E-state index in [0.717, 1.165) is 36.1 Å². The molecule has 1 aliphatic rings. The minimum absolute atomic E-state index is 0.0327. The SMILES string of the molecule is Cc1cccc([C@H](C(=O)NCc2ncc3c(n2)CCC3)N(C)C)c1. The molecule has 1 aliphatic carbocycles. The molecular formula is C19H24N4O. The molecule has 0 unspecified atom stereocenters. The Bertz CT molecular complexity index is 742. The van der Waals surface area contributed by atoms with E-state index in [4.69, 9.17) is 0 Å². The zero-order chi connectivity index (χ0) is 17.1. The first kappa shape index (κ1) is 16.6. The van der Waals surface area contributed by atoms with Crippen molar-refractivity contribution < 1.29 is 4.79 Å². The Hall–Kier alpha value is -2.27. The van der Waals surface area contributed by atoms with Crippen molar-refractivity contribution in [1.82, 2.24) is 20.2 Å². The standard InChI is InChI=1S/C19H24N4O/c1-13-6-4-7-14(10-13)18(23(2)3)19(24)21-12-17-20-11-15-8-5-9-16(15)22-17/h4,6-7,10-11,18H,5,8-9,12H2,1-3H3,(H,21,24)/t18-/m1/s1. The summed E-state index contributed by atoms with van der Waals surface area (Å²) < 4.78 is 0. The molecule has 0 saturated heterocycles. The number of aromatic nitrogens is 2. The van der Waals surface area contributed by atoms with E-state index in [1.807, 2.05) is 50.3 Å². The largest absolute Gasteiger partial charge is 0.347 e. The lowest BCUT2D eigenvalue weighted by Crippen LogP contribution is -2.37. The summed E-state index contributed by atoms with van der Waals surface area (Å²) in [6.07, 6.45) is 5.14. The highest BCUT2D eigenvalue weighted by atomic mass is 16.2. The molecule has 1 amide bonds. The van der Waals surface area contributed by atoms with Crippen LogP contribution in [0.1, 0.15) is 40.7 Å². The molecule has 1 N–H and O–H groups in total. The van der Waals surface area contributed by atoms with E-state index in [2.05, 4.69) is 21.4 Å². The van der Waals surface area contributed by atoms with Gasteiger partial charge in [-0.3, -0.25) is 9.69 Å². The number of amides is 1. The van der Waals surface area contributed by atoms with Crippen LogP contribution in [0, 0.1) is 6.92 Å². The van der Waals surface area contributed by atoms with Crippen molar-refractivity contribution in [1.29, 1.82) is 0 Å². The zero-order valence-electron chi connectivity index (χ0n) is 14.5. The van der Waals surface area contributed by atoms with Crippen LogP contribution in [0.25, 0.3) is 0 Å². The number of rotatable bonds is 5. The zero-order valence-corrected chi connectivity index (χ0v) is 14.5. The van der Waals surface area contributed by atoms with Gasteiger partial charge in [0.2, 0.25) is 5.91 Å². The second kappa shape index (κ2) is 7.09. The summed E-state index contributed by atoms with van der Waals surface area (Å²) in [4.78, 5) is 23.6. The summed E-state index contributed by atoms with van der Waals surface area (Å²) in [6, 6.07) is 7.74. The molecule has 0 fully saturated rings. The van der Waals surface area contributed by atoms with Gasteiger partial charge in [0.25, 0.3) is 0 Å². The number of aryl methyl sites for hydroxylation is 3. The first-order valence-corrected chi connectivity index (χ1v) is 8.39. The van der Waals surface area contributed by atoms with Crippen molar-refractivity contribution >= 4 is 5.91 Å². The van der Waals surface area contributed by atoms with E-state index in [0.29, 0.717) is 12.4 Å². The Balaban J connectivity index is 1.70. The molecule has 1 aromatic carbocycles. The number of fused-ring (bicyclic) bond motifs is 1. The molecule has 0 saturated carbocycles. The van der Waals surface area contributed by atoms with Gasteiger partial charge in [-0.05, 0) is 51.4 Å². The average molecular weight is 324 g/mol. The number of likely N-dealkylation sites (N-methyl/N-ethyl adjacent to an activating group) is 1. The van der Waals surface area contributed by atoms with Gasteiger partial charge in [0.1, 0.15) is 11.9 Å². The monoisotopic (exact) mass is 324 g/mol. The first-order chi connectivity index (χ1) is 11.5. The number of nitrogens with one attached hydrogen (secondary N) is 1. The highest BCUT2D eigenvalue weighted by molar-refractivity contribution is 5.83. The van der Waals surface area contributed by atoms with Crippen molar-refractivity contribution in [3.05, 3.63) is 58.7 Å². The summed E-state index contributed by atoms with van der Waals surface area (Å²) in [6.45, 7) is 2.40. The Morgan fingerprint density at radius 1 is 1.33 bits per heavy atom. The van der Waals surface area contributed by atoms with Crippen molar-refractivity contribution in [2.45, 2.75) is 38.8 Å². The molecule has 1 aromatic heterocycles. The molecule has 24 heavy (non-hydrogen) atoms. The Labute approximate surface area is 143 Å². The summed E-state index contributed by atoms with van der Waals surface area (Å²) in [7, 11) is 3.83. The maximum absolute atomic E-state index is 12.7. The van der Waals surface area contributed by atoms with Gasteiger partial charge in [0.05, 0.1) is 6.54 Å². The lowest BCUT2D eigenvalue weighted by atomic mass is 10.0. The van der Waals surface area contributed by atoms with Gasteiger partial charge in [-0.15, -0.1) is 0 Å². The second-order valence-electron chi connectivity index (χ2n) is 6.61. The van der Waals surface area contributed by atoms with Crippen LogP contribution in [-0.2, 0) is 24.2 Å². The topological polar surface area (TPSA) is 58.1 Å². The van der Waals surface area contributed by atoms with Crippen molar-refractivity contribution in [2.24, 2.45) is 0 Å². The molecule has 0 radical (unpaired) electrons. The van der Waals surface area contributed by atoms with Crippen LogP contribution >= 0.6 is 0 Å². The van der Waals surface area contributed by atoms with E-state index >= 15 is 0 Å². The van der Waals surface area contributed by atoms with Gasteiger partial charge in [0, 0.05) is 11.9 Å². The molecule has 1 atom stereocenters. The molecule has 126 valence electrons. The van der Waals surface area contributed by atoms with E-state index in [9.17, 15) is 4.79 Å². The fourth-order valence-corrected chi connectivity index (χ4v) is 3.23. The molecule has 5 nitrogen and oxygen atoms in total. The van der Waals surface area contributed by atoms with E-state index in [1.54, 1.807) is 0 Å². The normalized spacial score (nSPS) is 14.5. The van der Waals surface area contributed by atoms with Gasteiger partial charge in [-0.2, -0.15) is 0 Å². The molecule has 0 bridgehead atoms. The highest BCUT2D eigenvalue weighted by Crippen LogP contribution is 2.20. The number of benzene rings is 1. The number of nitrogens with zero attached hydrogens (tertiary/aromatic N) is 3. The maximum Gasteiger partial charge on any atom is 0.242 e. The van der Waals surface area contributed by atoms with Gasteiger partial charge in [-0.1, -0.05) is 29.8 Å². The Morgan fingerprint density at radius 2 is 2.17 bits per heavy atom. The minimum Gasteiger partial charge on any atom is -0.347 e. The van der Waals surface area contributed by atoms with Crippen LogP contribution in [0.5, 0.6) is 0 Å². The fourth-order valence-electron chi connectivity index (χ4n) is 3.23. The number of carbonyl (C=O) groups excluding carboxylic acids is 1. The summed E-state index contributed by atoms with van der Waals surface area (Å²) in [5.74, 6) is 0.653. The van der Waals surface area contributed by atoms with Crippen LogP contribution in [0.4, 0.5) is 0 Å². The van der Waals surface area contributed by atoms with E-state index in [1.165, 1.54) is 5.56 Å². The summed E-state index contributed by atoms with van der Waals surface area (Å²) >= 11 is 0. The number of carbonyl (C=O) groups is 1. The molecule has 2 aromatic rings. The van der Waals surface area contributed by atoms with Crippen LogP contribution in [-0.4, -0.2) is 34.9 Å². The number of hydrogen-bond acceptors (Lipinski definition) is 4. The molecule has 0 spiro atoms. The predicted octanol–water partition coefficient (Wildman–Crippen LogP) is 2.19. The molecular weight excluding hydrogens is 300 g/mol. The molecule has 0 aliphatic heterocycles. The average Bonchev–Trinajstić information content (AvgIpc) is 3.00. The minimum atomic E-state index is -0.320. The fraction of sp³-hybridized carbons (Fsp3) is 0.421. The van der Waals surface area contributed by atoms with Gasteiger partial charge >= 0.3 is 0 Å². The quantitative estimate of drug-likeness (QED) is 0.916. The molecule has 1 heterocycles. The van der Waals surface area contributed by atoms with Crippen LogP contribution in [0.15, 0.2) is 30.5 Å². The molecule has 5 heteroatoms. The van der Waals surface area contributed by atoms with Crippen molar-refractivity contribution in [3.63, 3.8) is 0 Å². The van der Waals surface area contributed by atoms with E-state index < -0.39 is 0 Å². The summed E-state index contributed by atoms with van der Waals surface area (Å²) in [5.41, 5.74) is 4.52. The molecule has 3 rings (SSSR count). The highest BCUT2D eigenvalue weighted by Gasteiger charge is 2.23. The third-order valence-corrected chi connectivity index (χ3v) is 4.41. The summed E-state index contributed by atoms with van der Waals surface area (Å²) in [5, 5.41) is 2.98. The smallest absolute Gasteiger partial charge is 0.242 e. The maximum atomic E-state index is 12.7. The van der Waals surface area contributed by atoms with Crippen LogP contribution < -0.4 is 5.32 Å². The van der Waals surface area contributed by atoms with Crippen LogP contribution in [0.2, 0.25) is 0 Å². The Kier molecular flexibility index (Phi) is 4.90. The van der Waals surface area contributed by atoms with Gasteiger partial charge in [0.15, 0.2) is 0 Å². The lowest BCUT2D eigenvalue weighted by Gasteiger charge is -2.24. The lowest BCUT2D eigenvalue weighted by molar-refractivity contribution is -0.126. The second-order valence-corrected chi connectivity index (χ2v) is 6.61. The van der Waals surface area contributed by atoms with Gasteiger partial charge < -0.3 is 5.32 Å². The van der Waals surface area contributed by atoms with E-state index in [-0.39, 0.29) is 11.9 Å². The van der Waals surface area contributed by atoms with Gasteiger partial charge in [-0.25, -0.2) is 9.97 Å². The third kappa shape index (κ3) is 3.62. The predicted molar refractivity (Wildman–Crippen MR) is 93.5 cm³/mol. The Morgan fingerprint density at radius 3 is 2.92 bits per heavy atom. The number of hydrogen-bond donors (Lipinski definition) is 1. The third-order valence-electron chi connectivity index (χ3n) is 4.41.